The van der Waals surface area contributed by atoms with E-state index in [1.54, 1.807) is 0 Å². The molecule has 0 saturated heterocycles. The Morgan fingerprint density at radius 1 is 0.143 bits per heavy atom. The third kappa shape index (κ3) is 9.64. The Labute approximate surface area is 569 Å². The van der Waals surface area contributed by atoms with Gasteiger partial charge in [0.15, 0.2) is 34.9 Å². The van der Waals surface area contributed by atoms with Crippen LogP contribution in [0.25, 0.3) is 124 Å². The van der Waals surface area contributed by atoms with Gasteiger partial charge in [0.05, 0.1) is 10.8 Å². The van der Waals surface area contributed by atoms with Crippen molar-refractivity contribution in [3.8, 4) is 124 Å². The van der Waals surface area contributed by atoms with Crippen LogP contribution in [-0.4, -0.2) is 29.9 Å². The van der Waals surface area contributed by atoms with Gasteiger partial charge in [0, 0.05) is 33.4 Å². The zero-order valence-corrected chi connectivity index (χ0v) is 53.3. The van der Waals surface area contributed by atoms with Gasteiger partial charge in [0.1, 0.15) is 0 Å². The molecule has 2 heterocycles. The molecule has 0 atom stereocenters. The summed E-state index contributed by atoms with van der Waals surface area (Å²) < 4.78 is 0. The Morgan fingerprint density at radius 3 is 0.694 bits per heavy atom. The second kappa shape index (κ2) is 24.1. The van der Waals surface area contributed by atoms with Gasteiger partial charge in [0.2, 0.25) is 0 Å². The van der Waals surface area contributed by atoms with Crippen LogP contribution >= 0.6 is 0 Å². The van der Waals surface area contributed by atoms with Gasteiger partial charge < -0.3 is 0 Å². The molecule has 458 valence electrons. The quantitative estimate of drug-likeness (QED) is 0.136. The summed E-state index contributed by atoms with van der Waals surface area (Å²) in [6, 6.07) is 129. The minimum atomic E-state index is -0.453. The molecule has 0 amide bonds. The van der Waals surface area contributed by atoms with E-state index in [0.29, 0.717) is 34.9 Å². The van der Waals surface area contributed by atoms with Gasteiger partial charge in [-0.05, 0) is 124 Å². The van der Waals surface area contributed by atoms with Crippen LogP contribution in [0.2, 0.25) is 0 Å². The van der Waals surface area contributed by atoms with Crippen LogP contribution in [0, 0.1) is 0 Å². The van der Waals surface area contributed by atoms with Gasteiger partial charge in [-0.25, -0.2) is 29.9 Å². The number of hydrogen-bond acceptors (Lipinski definition) is 6. The fourth-order valence-electron chi connectivity index (χ4n) is 15.4. The molecule has 0 bridgehead atoms. The number of nitrogens with zero attached hydrogens (tertiary/aromatic N) is 6. The molecule has 0 N–H and O–H groups in total. The van der Waals surface area contributed by atoms with E-state index in [0.717, 1.165) is 55.6 Å². The minimum Gasteiger partial charge on any atom is -0.208 e. The average molecular weight is 1250 g/mol. The summed E-state index contributed by atoms with van der Waals surface area (Å²) in [5.41, 5.74) is 27.6. The Morgan fingerprint density at radius 2 is 0.367 bits per heavy atom. The first-order valence-electron chi connectivity index (χ1n) is 33.3. The predicted molar refractivity (Wildman–Crippen MR) is 397 cm³/mol. The fourth-order valence-corrected chi connectivity index (χ4v) is 15.4. The molecule has 0 aliphatic heterocycles. The standard InChI is InChI=1S/C46H29N3.C46H31N3/c1-3-14-30(15-4-1)43-47-44(31-16-5-2-6-17-31)49-45(48-43)34-19-13-18-32(28-34)33-26-27-38-37-22-9-12-25-41(37)46(42(38)29-33)39-23-10-7-20-35(39)36-21-8-11-24-40(36)46;1-5-16-32(17-6-1)43-47-44(33-18-7-2-8-19-33)49-45(48-43)36-21-15-20-34(30-36)35-28-29-40-39-26-13-14-27-41(39)46(42(40)31-35,37-22-9-3-10-23-37)38-24-11-4-12-25-38/h1-29H;1-31H. The van der Waals surface area contributed by atoms with Crippen molar-refractivity contribution in [1.29, 1.82) is 0 Å². The maximum atomic E-state index is 5.00. The van der Waals surface area contributed by atoms with Gasteiger partial charge in [0.25, 0.3) is 0 Å². The zero-order chi connectivity index (χ0) is 65.0. The number of fused-ring (bicyclic) bond motifs is 13. The summed E-state index contributed by atoms with van der Waals surface area (Å²) in [5.74, 6) is 3.92. The summed E-state index contributed by atoms with van der Waals surface area (Å²) in [7, 11) is 0. The topological polar surface area (TPSA) is 77.3 Å². The lowest BCUT2D eigenvalue weighted by molar-refractivity contribution is 0.769. The number of aromatic nitrogens is 6. The van der Waals surface area contributed by atoms with E-state index in [1.165, 1.54) is 77.9 Å². The molecule has 0 unspecified atom stereocenters. The first-order chi connectivity index (χ1) is 48.6. The first kappa shape index (κ1) is 57.7. The van der Waals surface area contributed by atoms with Crippen LogP contribution in [0.4, 0.5) is 0 Å². The van der Waals surface area contributed by atoms with E-state index in [1.807, 2.05) is 121 Å². The Balaban J connectivity index is 0.000000142. The van der Waals surface area contributed by atoms with Gasteiger partial charge in [-0.3, -0.25) is 0 Å². The number of rotatable bonds is 10. The Kier molecular flexibility index (Phi) is 14.2. The summed E-state index contributed by atoms with van der Waals surface area (Å²) in [6.45, 7) is 0. The molecule has 0 radical (unpaired) electrons. The lowest BCUT2D eigenvalue weighted by Crippen LogP contribution is -2.28. The highest BCUT2D eigenvalue weighted by molar-refractivity contribution is 5.96. The van der Waals surface area contributed by atoms with E-state index in [4.69, 9.17) is 29.9 Å². The van der Waals surface area contributed by atoms with E-state index >= 15 is 0 Å². The van der Waals surface area contributed by atoms with Crippen LogP contribution < -0.4 is 0 Å². The third-order valence-electron chi connectivity index (χ3n) is 19.8. The van der Waals surface area contributed by atoms with Crippen molar-refractivity contribution in [2.75, 3.05) is 0 Å². The minimum absolute atomic E-state index is 0.379. The molecular formula is C92H60N6. The second-order valence-corrected chi connectivity index (χ2v) is 25.2. The van der Waals surface area contributed by atoms with Crippen molar-refractivity contribution in [1.82, 2.24) is 29.9 Å². The van der Waals surface area contributed by atoms with Crippen LogP contribution in [-0.2, 0) is 10.8 Å². The summed E-state index contributed by atoms with van der Waals surface area (Å²) in [5, 5.41) is 0. The first-order valence-corrected chi connectivity index (χ1v) is 33.3. The molecule has 0 fully saturated rings. The van der Waals surface area contributed by atoms with Crippen molar-refractivity contribution in [2.45, 2.75) is 10.8 Å². The van der Waals surface area contributed by atoms with Crippen LogP contribution in [0.3, 0.4) is 0 Å². The van der Waals surface area contributed by atoms with E-state index < -0.39 is 5.41 Å². The summed E-state index contributed by atoms with van der Waals surface area (Å²) >= 11 is 0. The maximum absolute atomic E-state index is 5.00. The lowest BCUT2D eigenvalue weighted by atomic mass is 9.67. The highest BCUT2D eigenvalue weighted by Gasteiger charge is 2.52. The molecule has 14 aromatic carbocycles. The third-order valence-corrected chi connectivity index (χ3v) is 19.8. The maximum Gasteiger partial charge on any atom is 0.164 e. The summed E-state index contributed by atoms with van der Waals surface area (Å²) in [6.07, 6.45) is 0. The van der Waals surface area contributed by atoms with Gasteiger partial charge in [-0.1, -0.05) is 340 Å². The fraction of sp³-hybridized carbons (Fsp3) is 0.0217. The molecular weight excluding hydrogens is 1190 g/mol. The van der Waals surface area contributed by atoms with Crippen molar-refractivity contribution >= 4 is 0 Å². The van der Waals surface area contributed by atoms with Gasteiger partial charge >= 0.3 is 0 Å². The molecule has 16 aromatic rings. The van der Waals surface area contributed by atoms with Crippen LogP contribution in [0.15, 0.2) is 364 Å². The van der Waals surface area contributed by atoms with Crippen LogP contribution in [0.5, 0.6) is 0 Å². The van der Waals surface area contributed by atoms with E-state index in [9.17, 15) is 0 Å². The zero-order valence-electron chi connectivity index (χ0n) is 53.3. The molecule has 19 rings (SSSR count). The Hall–Kier alpha value is -12.9. The smallest absolute Gasteiger partial charge is 0.164 e. The molecule has 3 aliphatic rings. The van der Waals surface area contributed by atoms with Gasteiger partial charge in [-0.2, -0.15) is 0 Å². The van der Waals surface area contributed by atoms with Gasteiger partial charge in [-0.15, -0.1) is 0 Å². The Bertz CT molecular complexity index is 5200. The van der Waals surface area contributed by atoms with Crippen molar-refractivity contribution in [3.05, 3.63) is 408 Å². The predicted octanol–water partition coefficient (Wildman–Crippen LogP) is 21.8. The molecule has 6 heteroatoms. The monoisotopic (exact) mass is 1250 g/mol. The molecule has 98 heavy (non-hydrogen) atoms. The number of benzene rings is 14. The SMILES string of the molecule is c1ccc(-c2nc(-c3ccccc3)nc(-c3cccc(-c4ccc5c(c4)C(c4ccccc4)(c4ccccc4)c4ccccc4-5)c3)n2)cc1.c1ccc(-c2nc(-c3ccccc3)nc(-c3cccc(-c4ccc5c(c4)C4(c6ccccc6-c6ccccc64)c4ccccc4-5)c3)n2)cc1. The number of hydrogen-bond donors (Lipinski definition) is 0. The molecule has 3 aliphatic carbocycles. The molecule has 6 nitrogen and oxygen atoms in total. The average Bonchev–Trinajstić information content (AvgIpc) is 1.51. The van der Waals surface area contributed by atoms with Crippen LogP contribution in [0.1, 0.15) is 44.5 Å². The molecule has 0 saturated carbocycles. The molecule has 2 aromatic heterocycles. The van der Waals surface area contributed by atoms with E-state index in [-0.39, 0.29) is 5.41 Å². The van der Waals surface area contributed by atoms with Crippen molar-refractivity contribution < 1.29 is 0 Å². The van der Waals surface area contributed by atoms with Crippen molar-refractivity contribution in [2.24, 2.45) is 0 Å². The highest BCUT2D eigenvalue weighted by atomic mass is 15.0. The second-order valence-electron chi connectivity index (χ2n) is 25.2. The lowest BCUT2D eigenvalue weighted by Gasteiger charge is -2.34. The largest absolute Gasteiger partial charge is 0.208 e. The summed E-state index contributed by atoms with van der Waals surface area (Å²) in [4.78, 5) is 29.8. The molecule has 1 spiro atoms. The highest BCUT2D eigenvalue weighted by Crippen LogP contribution is 2.63. The normalized spacial score (nSPS) is 12.9. The van der Waals surface area contributed by atoms with E-state index in [2.05, 4.69) is 243 Å². The van der Waals surface area contributed by atoms with Crippen molar-refractivity contribution in [3.63, 3.8) is 0 Å².